The second-order valence-electron chi connectivity index (χ2n) is 5.41. The summed E-state index contributed by atoms with van der Waals surface area (Å²) in [4.78, 5) is 25.3. The quantitative estimate of drug-likeness (QED) is 0.494. The third kappa shape index (κ3) is 4.15. The molecule has 0 aliphatic carbocycles. The molecule has 0 saturated heterocycles. The van der Waals surface area contributed by atoms with Gasteiger partial charge >= 0.3 is 5.97 Å². The number of phenols is 1. The van der Waals surface area contributed by atoms with Gasteiger partial charge in [-0.2, -0.15) is 9.97 Å². The Labute approximate surface area is 165 Å². The van der Waals surface area contributed by atoms with E-state index in [9.17, 15) is 9.90 Å². The highest BCUT2D eigenvalue weighted by atomic mass is 32.2. The summed E-state index contributed by atoms with van der Waals surface area (Å²) in [5, 5.41) is 10.2. The van der Waals surface area contributed by atoms with Crippen LogP contribution in [-0.4, -0.2) is 47.4 Å². The number of esters is 1. The molecule has 28 heavy (non-hydrogen) atoms. The van der Waals surface area contributed by atoms with Gasteiger partial charge in [-0.15, -0.1) is 0 Å². The summed E-state index contributed by atoms with van der Waals surface area (Å²) in [6.07, 6.45) is 1.58. The highest BCUT2D eigenvalue weighted by Crippen LogP contribution is 2.35. The summed E-state index contributed by atoms with van der Waals surface area (Å²) >= 11 is 1.09. The molecule has 0 saturated carbocycles. The van der Waals surface area contributed by atoms with Crippen LogP contribution >= 0.6 is 11.8 Å². The van der Waals surface area contributed by atoms with Gasteiger partial charge in [-0.1, -0.05) is 12.1 Å². The second kappa shape index (κ2) is 8.57. The van der Waals surface area contributed by atoms with Crippen molar-refractivity contribution in [2.75, 3.05) is 21.3 Å². The number of rotatable bonds is 6. The first-order valence-corrected chi connectivity index (χ1v) is 8.89. The number of nitrogens with zero attached hydrogens (tertiary/aromatic N) is 3. The van der Waals surface area contributed by atoms with E-state index in [1.54, 1.807) is 42.6 Å². The molecule has 9 heteroatoms. The lowest BCUT2D eigenvalue weighted by molar-refractivity contribution is 0.0597. The average molecular weight is 399 g/mol. The fourth-order valence-corrected chi connectivity index (χ4v) is 3.28. The van der Waals surface area contributed by atoms with Crippen molar-refractivity contribution in [1.29, 1.82) is 0 Å². The number of aromatic hydroxyl groups is 1. The molecule has 0 fully saturated rings. The fraction of sp³-hybridized carbons (Fsp3) is 0.158. The third-order valence-electron chi connectivity index (χ3n) is 3.75. The first-order chi connectivity index (χ1) is 13.5. The van der Waals surface area contributed by atoms with Crippen molar-refractivity contribution in [1.82, 2.24) is 15.0 Å². The molecule has 0 spiro atoms. The van der Waals surface area contributed by atoms with Gasteiger partial charge in [0.25, 0.3) is 0 Å². The predicted molar refractivity (Wildman–Crippen MR) is 102 cm³/mol. The monoisotopic (exact) mass is 399 g/mol. The summed E-state index contributed by atoms with van der Waals surface area (Å²) in [5.41, 5.74) is 1.61. The van der Waals surface area contributed by atoms with Crippen LogP contribution in [0.4, 0.5) is 0 Å². The van der Waals surface area contributed by atoms with Gasteiger partial charge in [-0.25, -0.2) is 9.78 Å². The molecule has 0 atom stereocenters. The summed E-state index contributed by atoms with van der Waals surface area (Å²) < 4.78 is 15.3. The SMILES string of the molecule is COC(=O)c1c(-c2ccc(O)cc2)ccnc1Sc1nc(OC)cc(OC)n1. The number of aromatic nitrogens is 3. The molecule has 2 aromatic heterocycles. The maximum atomic E-state index is 12.5. The highest BCUT2D eigenvalue weighted by molar-refractivity contribution is 7.99. The van der Waals surface area contributed by atoms with Gasteiger partial charge in [-0.05, 0) is 35.5 Å². The molecule has 0 unspecified atom stereocenters. The molecule has 0 amide bonds. The van der Waals surface area contributed by atoms with Crippen molar-refractivity contribution in [3.05, 3.63) is 48.2 Å². The third-order valence-corrected chi connectivity index (χ3v) is 4.62. The summed E-state index contributed by atoms with van der Waals surface area (Å²) in [6.45, 7) is 0. The molecular formula is C19H17N3O5S. The van der Waals surface area contributed by atoms with Crippen LogP contribution in [0.1, 0.15) is 10.4 Å². The van der Waals surface area contributed by atoms with Gasteiger partial charge < -0.3 is 19.3 Å². The largest absolute Gasteiger partial charge is 0.508 e. The Hall–Kier alpha value is -3.33. The van der Waals surface area contributed by atoms with Gasteiger partial charge in [0.15, 0.2) is 0 Å². The maximum absolute atomic E-state index is 12.5. The van der Waals surface area contributed by atoms with Crippen LogP contribution in [0, 0.1) is 0 Å². The molecule has 1 aromatic carbocycles. The van der Waals surface area contributed by atoms with Crippen molar-refractivity contribution in [3.63, 3.8) is 0 Å². The zero-order valence-corrected chi connectivity index (χ0v) is 16.2. The Morgan fingerprint density at radius 3 is 2.21 bits per heavy atom. The van der Waals surface area contributed by atoms with E-state index in [0.29, 0.717) is 27.5 Å². The van der Waals surface area contributed by atoms with Crippen molar-refractivity contribution in [2.24, 2.45) is 0 Å². The fourth-order valence-electron chi connectivity index (χ4n) is 2.43. The topological polar surface area (TPSA) is 104 Å². The van der Waals surface area contributed by atoms with Crippen molar-refractivity contribution >= 4 is 17.7 Å². The molecule has 0 aliphatic heterocycles. The van der Waals surface area contributed by atoms with Crippen molar-refractivity contribution in [3.8, 4) is 28.6 Å². The molecule has 0 radical (unpaired) electrons. The second-order valence-corrected chi connectivity index (χ2v) is 6.37. The molecule has 3 aromatic rings. The minimum Gasteiger partial charge on any atom is -0.508 e. The number of carbonyl (C=O) groups excluding carboxylic acids is 1. The minimum absolute atomic E-state index is 0.129. The zero-order chi connectivity index (χ0) is 20.1. The van der Waals surface area contributed by atoms with E-state index in [1.807, 2.05) is 0 Å². The molecule has 144 valence electrons. The van der Waals surface area contributed by atoms with E-state index >= 15 is 0 Å². The molecule has 0 aliphatic rings. The molecule has 0 bridgehead atoms. The van der Waals surface area contributed by atoms with Gasteiger partial charge in [-0.3, -0.25) is 0 Å². The Morgan fingerprint density at radius 1 is 1.00 bits per heavy atom. The zero-order valence-electron chi connectivity index (χ0n) is 15.4. The van der Waals surface area contributed by atoms with Gasteiger partial charge in [0.2, 0.25) is 16.9 Å². The van der Waals surface area contributed by atoms with E-state index < -0.39 is 5.97 Å². The first-order valence-electron chi connectivity index (χ1n) is 8.07. The summed E-state index contributed by atoms with van der Waals surface area (Å²) in [6, 6.07) is 9.74. The van der Waals surface area contributed by atoms with E-state index in [1.165, 1.54) is 21.3 Å². The normalized spacial score (nSPS) is 10.4. The molecule has 3 rings (SSSR count). The van der Waals surface area contributed by atoms with Crippen LogP contribution in [0.2, 0.25) is 0 Å². The van der Waals surface area contributed by atoms with E-state index in [2.05, 4.69) is 15.0 Å². The Kier molecular flexibility index (Phi) is 5.95. The number of phenolic OH excluding ortho intramolecular Hbond substituents is 1. The van der Waals surface area contributed by atoms with Crippen LogP contribution in [0.15, 0.2) is 52.8 Å². The highest BCUT2D eigenvalue weighted by Gasteiger charge is 2.22. The molecular weight excluding hydrogens is 382 g/mol. The lowest BCUT2D eigenvalue weighted by Gasteiger charge is -2.12. The van der Waals surface area contributed by atoms with E-state index in [-0.39, 0.29) is 11.3 Å². The van der Waals surface area contributed by atoms with Crippen LogP contribution in [0.5, 0.6) is 17.5 Å². The predicted octanol–water partition coefficient (Wildman–Crippen LogP) is 3.20. The number of pyridine rings is 1. The Morgan fingerprint density at radius 2 is 1.64 bits per heavy atom. The van der Waals surface area contributed by atoms with E-state index in [0.717, 1.165) is 17.3 Å². The van der Waals surface area contributed by atoms with Crippen LogP contribution < -0.4 is 9.47 Å². The molecule has 8 nitrogen and oxygen atoms in total. The summed E-state index contributed by atoms with van der Waals surface area (Å²) in [7, 11) is 4.27. The Bertz CT molecular complexity index is 973. The number of hydrogen-bond donors (Lipinski definition) is 1. The van der Waals surface area contributed by atoms with Gasteiger partial charge in [0, 0.05) is 11.8 Å². The Balaban J connectivity index is 2.10. The van der Waals surface area contributed by atoms with Crippen molar-refractivity contribution in [2.45, 2.75) is 10.2 Å². The first kappa shape index (κ1) is 19.4. The molecule has 1 N–H and O–H groups in total. The lowest BCUT2D eigenvalue weighted by atomic mass is 10.0. The number of methoxy groups -OCH3 is 3. The van der Waals surface area contributed by atoms with E-state index in [4.69, 9.17) is 14.2 Å². The number of ether oxygens (including phenoxy) is 3. The van der Waals surface area contributed by atoms with Gasteiger partial charge in [0.1, 0.15) is 16.3 Å². The van der Waals surface area contributed by atoms with Crippen LogP contribution in [-0.2, 0) is 4.74 Å². The summed E-state index contributed by atoms with van der Waals surface area (Å²) in [5.74, 6) is 0.227. The van der Waals surface area contributed by atoms with Gasteiger partial charge in [0.05, 0.1) is 27.4 Å². The lowest BCUT2D eigenvalue weighted by Crippen LogP contribution is -2.07. The minimum atomic E-state index is -0.548. The van der Waals surface area contributed by atoms with Crippen molar-refractivity contribution < 1.29 is 24.1 Å². The number of hydrogen-bond acceptors (Lipinski definition) is 9. The number of carbonyl (C=O) groups is 1. The molecule has 2 heterocycles. The standard InChI is InChI=1S/C19H17N3O5S/c1-25-14-10-15(26-2)22-19(21-14)28-17-16(18(24)27-3)13(8-9-20-17)11-4-6-12(23)7-5-11/h4-10,23H,1-3H3. The smallest absolute Gasteiger partial charge is 0.341 e. The average Bonchev–Trinajstić information content (AvgIpc) is 2.73. The van der Waals surface area contributed by atoms with Crippen LogP contribution in [0.25, 0.3) is 11.1 Å². The van der Waals surface area contributed by atoms with Crippen LogP contribution in [0.3, 0.4) is 0 Å². The maximum Gasteiger partial charge on any atom is 0.341 e. The number of benzene rings is 1.